The van der Waals surface area contributed by atoms with Crippen LogP contribution in [-0.4, -0.2) is 0 Å². The fraction of sp³-hybridized carbons (Fsp3) is 0.800. The Morgan fingerprint density at radius 1 is 0.577 bits per heavy atom. The predicted octanol–water partition coefficient (Wildman–Crippen LogP) is 7.85. The van der Waals surface area contributed by atoms with Gasteiger partial charge in [-0.05, 0) is 19.4 Å². The van der Waals surface area contributed by atoms with Gasteiger partial charge in [0.1, 0.15) is 6.54 Å². The third kappa shape index (κ3) is 12.5. The van der Waals surface area contributed by atoms with E-state index in [1.165, 1.54) is 121 Å². The lowest BCUT2D eigenvalue weighted by Crippen LogP contribution is -2.36. The van der Waals surface area contributed by atoms with Crippen LogP contribution in [0.1, 0.15) is 121 Å². The number of aryl methyl sites for hydroxylation is 3. The molecule has 0 fully saturated rings. The van der Waals surface area contributed by atoms with Crippen LogP contribution in [0, 0.1) is 13.8 Å². The second-order valence-corrected chi connectivity index (χ2v) is 8.34. The predicted molar refractivity (Wildman–Crippen MR) is 116 cm³/mol. The molecule has 0 aliphatic heterocycles. The lowest BCUT2D eigenvalue weighted by atomic mass is 10.0. The first-order valence-electron chi connectivity index (χ1n) is 11.7. The molecule has 1 nitrogen and oxygen atoms in total. The molecule has 0 N–H and O–H groups in total. The van der Waals surface area contributed by atoms with E-state index < -0.39 is 0 Å². The highest BCUT2D eigenvalue weighted by Gasteiger charge is 2.05. The van der Waals surface area contributed by atoms with Gasteiger partial charge in [-0.3, -0.25) is 0 Å². The van der Waals surface area contributed by atoms with Crippen LogP contribution in [0.15, 0.2) is 18.3 Å². The molecule has 0 aliphatic rings. The van der Waals surface area contributed by atoms with Gasteiger partial charge in [0.2, 0.25) is 0 Å². The normalized spacial score (nSPS) is 11.2. The second kappa shape index (κ2) is 16.3. The highest BCUT2D eigenvalue weighted by Crippen LogP contribution is 2.13. The van der Waals surface area contributed by atoms with Crippen LogP contribution in [0.3, 0.4) is 0 Å². The highest BCUT2D eigenvalue weighted by molar-refractivity contribution is 5.05. The van der Waals surface area contributed by atoms with E-state index in [0.717, 1.165) is 0 Å². The van der Waals surface area contributed by atoms with Crippen molar-refractivity contribution in [1.82, 2.24) is 0 Å². The van der Waals surface area contributed by atoms with Crippen molar-refractivity contribution in [2.75, 3.05) is 0 Å². The van der Waals surface area contributed by atoms with Crippen molar-refractivity contribution in [2.45, 2.75) is 130 Å². The van der Waals surface area contributed by atoms with Crippen LogP contribution in [0.4, 0.5) is 0 Å². The van der Waals surface area contributed by atoms with Gasteiger partial charge in [-0.2, -0.15) is 0 Å². The monoisotopic (exact) mass is 360 g/mol. The molecule has 0 atom stereocenters. The van der Waals surface area contributed by atoms with Gasteiger partial charge in [-0.15, -0.1) is 0 Å². The minimum absolute atomic E-state index is 1.19. The molecule has 0 aliphatic carbocycles. The zero-order valence-electron chi connectivity index (χ0n) is 18.2. The Morgan fingerprint density at radius 3 is 1.46 bits per heavy atom. The van der Waals surface area contributed by atoms with Crippen molar-refractivity contribution in [2.24, 2.45) is 0 Å². The minimum atomic E-state index is 1.19. The number of hydrogen-bond donors (Lipinski definition) is 0. The number of aromatic nitrogens is 1. The fourth-order valence-electron chi connectivity index (χ4n) is 3.81. The maximum absolute atomic E-state index is 2.42. The Hall–Kier alpha value is -0.850. The van der Waals surface area contributed by atoms with Gasteiger partial charge in [0.15, 0.2) is 11.9 Å². The van der Waals surface area contributed by atoms with Crippen LogP contribution in [0.25, 0.3) is 0 Å². The summed E-state index contributed by atoms with van der Waals surface area (Å²) in [5.41, 5.74) is 2.75. The zero-order valence-corrected chi connectivity index (χ0v) is 18.2. The van der Waals surface area contributed by atoms with Gasteiger partial charge in [0.25, 0.3) is 0 Å². The molecular weight excluding hydrogens is 314 g/mol. The molecule has 0 saturated heterocycles. The summed E-state index contributed by atoms with van der Waals surface area (Å²) >= 11 is 0. The lowest BCUT2D eigenvalue weighted by Gasteiger charge is -2.04. The van der Waals surface area contributed by atoms with E-state index >= 15 is 0 Å². The SMILES string of the molecule is CCCCCCCCCCCCCCCCCC[n+]1cc(C)ccc1C. The Morgan fingerprint density at radius 2 is 1.00 bits per heavy atom. The number of unbranched alkanes of at least 4 members (excludes halogenated alkanes) is 15. The van der Waals surface area contributed by atoms with Crippen LogP contribution >= 0.6 is 0 Å². The van der Waals surface area contributed by atoms with Gasteiger partial charge in [0, 0.05) is 25.0 Å². The Bertz CT molecular complexity index is 438. The van der Waals surface area contributed by atoms with Crippen molar-refractivity contribution in [1.29, 1.82) is 0 Å². The van der Waals surface area contributed by atoms with Gasteiger partial charge < -0.3 is 0 Å². The Balaban J connectivity index is 1.80. The molecule has 1 aromatic rings. The molecular formula is C25H46N+. The third-order valence-corrected chi connectivity index (χ3v) is 5.65. The van der Waals surface area contributed by atoms with Crippen LogP contribution < -0.4 is 4.57 Å². The zero-order chi connectivity index (χ0) is 18.9. The highest BCUT2D eigenvalue weighted by atomic mass is 14.9. The molecule has 1 aromatic heterocycles. The summed E-state index contributed by atoms with van der Waals surface area (Å²) in [6.45, 7) is 7.88. The van der Waals surface area contributed by atoms with Gasteiger partial charge >= 0.3 is 0 Å². The van der Waals surface area contributed by atoms with Crippen LogP contribution in [0.5, 0.6) is 0 Å². The number of nitrogens with zero attached hydrogens (tertiary/aromatic N) is 1. The Kier molecular flexibility index (Phi) is 14.6. The van der Waals surface area contributed by atoms with Crippen LogP contribution in [0.2, 0.25) is 0 Å². The molecule has 1 heterocycles. The molecule has 0 saturated carbocycles. The van der Waals surface area contributed by atoms with Gasteiger partial charge in [0.05, 0.1) is 0 Å². The number of hydrogen-bond acceptors (Lipinski definition) is 0. The van der Waals surface area contributed by atoms with Gasteiger partial charge in [-0.1, -0.05) is 96.8 Å². The molecule has 1 heteroatoms. The van der Waals surface area contributed by atoms with E-state index in [1.54, 1.807) is 0 Å². The summed E-state index contributed by atoms with van der Waals surface area (Å²) in [5.74, 6) is 0. The standard InChI is InChI=1S/C25H46N/c1-4-5-6-7-8-9-10-11-12-13-14-15-16-17-18-19-22-26-23-24(2)20-21-25(26)3/h20-21,23H,4-19,22H2,1-3H3/q+1. The second-order valence-electron chi connectivity index (χ2n) is 8.34. The first kappa shape index (κ1) is 23.2. The molecule has 0 amide bonds. The van der Waals surface area contributed by atoms with E-state index in [1.807, 2.05) is 0 Å². The summed E-state index contributed by atoms with van der Waals surface area (Å²) in [6.07, 6.45) is 25.3. The van der Waals surface area contributed by atoms with E-state index in [4.69, 9.17) is 0 Å². The largest absolute Gasteiger partial charge is 0.202 e. The average Bonchev–Trinajstić information content (AvgIpc) is 2.64. The fourth-order valence-corrected chi connectivity index (χ4v) is 3.81. The van der Waals surface area contributed by atoms with E-state index in [-0.39, 0.29) is 0 Å². The molecule has 0 aromatic carbocycles. The summed E-state index contributed by atoms with van der Waals surface area (Å²) < 4.78 is 2.42. The third-order valence-electron chi connectivity index (χ3n) is 5.65. The summed E-state index contributed by atoms with van der Waals surface area (Å²) in [7, 11) is 0. The molecule has 26 heavy (non-hydrogen) atoms. The van der Waals surface area contributed by atoms with E-state index in [9.17, 15) is 0 Å². The van der Waals surface area contributed by atoms with Crippen molar-refractivity contribution in [3.63, 3.8) is 0 Å². The quantitative estimate of drug-likeness (QED) is 0.197. The summed E-state index contributed by atoms with van der Waals surface area (Å²) in [4.78, 5) is 0. The van der Waals surface area contributed by atoms with E-state index in [2.05, 4.69) is 43.7 Å². The van der Waals surface area contributed by atoms with E-state index in [0.29, 0.717) is 0 Å². The van der Waals surface area contributed by atoms with Crippen molar-refractivity contribution in [3.05, 3.63) is 29.6 Å². The maximum atomic E-state index is 2.42. The van der Waals surface area contributed by atoms with Gasteiger partial charge in [-0.25, -0.2) is 4.57 Å². The van der Waals surface area contributed by atoms with Crippen molar-refractivity contribution >= 4 is 0 Å². The van der Waals surface area contributed by atoms with Crippen LogP contribution in [-0.2, 0) is 6.54 Å². The van der Waals surface area contributed by atoms with Crippen molar-refractivity contribution in [3.8, 4) is 0 Å². The number of pyridine rings is 1. The lowest BCUT2D eigenvalue weighted by molar-refractivity contribution is -0.703. The number of rotatable bonds is 17. The maximum Gasteiger partial charge on any atom is 0.178 e. The summed E-state index contributed by atoms with van der Waals surface area (Å²) in [5, 5.41) is 0. The van der Waals surface area contributed by atoms with Crippen molar-refractivity contribution < 1.29 is 4.57 Å². The molecule has 0 spiro atoms. The minimum Gasteiger partial charge on any atom is -0.202 e. The summed E-state index contributed by atoms with van der Waals surface area (Å²) in [6, 6.07) is 4.45. The Labute approximate surface area is 164 Å². The molecule has 0 radical (unpaired) electrons. The topological polar surface area (TPSA) is 3.88 Å². The molecule has 150 valence electrons. The smallest absolute Gasteiger partial charge is 0.178 e. The molecule has 1 rings (SSSR count). The molecule has 0 bridgehead atoms. The first-order chi connectivity index (χ1) is 12.7. The molecule has 0 unspecified atom stereocenters. The first-order valence-corrected chi connectivity index (χ1v) is 11.7. The average molecular weight is 361 g/mol.